The zero-order valence-corrected chi connectivity index (χ0v) is 18.0. The first-order valence-electron chi connectivity index (χ1n) is 10.7. The Morgan fingerprint density at radius 3 is 2.52 bits per heavy atom. The van der Waals surface area contributed by atoms with Crippen LogP contribution in [0.25, 0.3) is 10.9 Å². The number of benzene rings is 1. The first kappa shape index (κ1) is 21.2. The minimum Gasteiger partial charge on any atom is -0.368 e. The molecule has 2 saturated heterocycles. The first-order valence-corrected chi connectivity index (χ1v) is 10.7. The van der Waals surface area contributed by atoms with Crippen LogP contribution < -0.4 is 5.32 Å². The van der Waals surface area contributed by atoms with Gasteiger partial charge in [0.05, 0.1) is 0 Å². The van der Waals surface area contributed by atoms with Crippen LogP contribution in [-0.4, -0.2) is 90.1 Å². The van der Waals surface area contributed by atoms with Crippen molar-refractivity contribution in [2.45, 2.75) is 25.5 Å². The van der Waals surface area contributed by atoms with Crippen molar-refractivity contribution in [3.05, 3.63) is 30.5 Å². The van der Waals surface area contributed by atoms with Crippen molar-refractivity contribution in [1.82, 2.24) is 19.3 Å². The zero-order valence-electron chi connectivity index (χ0n) is 18.0. The number of carbonyl (C=O) groups is 3. The van der Waals surface area contributed by atoms with E-state index < -0.39 is 0 Å². The van der Waals surface area contributed by atoms with Crippen molar-refractivity contribution >= 4 is 34.4 Å². The van der Waals surface area contributed by atoms with Crippen molar-refractivity contribution < 1.29 is 19.1 Å². The van der Waals surface area contributed by atoms with Gasteiger partial charge in [0.25, 0.3) is 5.91 Å². The topological polar surface area (TPSA) is 87.1 Å². The second kappa shape index (κ2) is 8.97. The molecule has 0 aliphatic carbocycles. The summed E-state index contributed by atoms with van der Waals surface area (Å²) in [6.45, 7) is 2.96. The molecule has 2 fully saturated rings. The van der Waals surface area contributed by atoms with Crippen molar-refractivity contribution in [2.75, 3.05) is 52.2 Å². The molecule has 1 unspecified atom stereocenters. The minimum absolute atomic E-state index is 0.0204. The molecule has 1 aromatic carbocycles. The van der Waals surface area contributed by atoms with Crippen molar-refractivity contribution in [1.29, 1.82) is 0 Å². The number of nitrogens with zero attached hydrogens (tertiary/aromatic N) is 4. The van der Waals surface area contributed by atoms with E-state index in [1.165, 1.54) is 0 Å². The zero-order chi connectivity index (χ0) is 22.0. The largest absolute Gasteiger partial charge is 0.368 e. The van der Waals surface area contributed by atoms with Crippen LogP contribution >= 0.6 is 0 Å². The van der Waals surface area contributed by atoms with Gasteiger partial charge in [-0.25, -0.2) is 4.79 Å². The Hall–Kier alpha value is -3.07. The molecule has 0 spiro atoms. The van der Waals surface area contributed by atoms with Gasteiger partial charge in [0, 0.05) is 69.7 Å². The van der Waals surface area contributed by atoms with E-state index in [2.05, 4.69) is 5.32 Å². The highest BCUT2D eigenvalue weighted by Gasteiger charge is 2.31. The van der Waals surface area contributed by atoms with Gasteiger partial charge in [0.15, 0.2) is 0 Å². The SMILES string of the molecule is CN(C)C(=O)Cn1ccc2cc(NC(=O)N3CCN(C(=O)C4CCCO4)CC3)ccc21. The van der Waals surface area contributed by atoms with Crippen LogP contribution in [0.5, 0.6) is 0 Å². The molecule has 9 heteroatoms. The van der Waals surface area contributed by atoms with Crippen LogP contribution in [-0.2, 0) is 20.9 Å². The van der Waals surface area contributed by atoms with Crippen LogP contribution in [0.15, 0.2) is 30.5 Å². The quantitative estimate of drug-likeness (QED) is 0.803. The van der Waals surface area contributed by atoms with Crippen molar-refractivity contribution in [2.24, 2.45) is 0 Å². The van der Waals surface area contributed by atoms with Gasteiger partial charge in [-0.1, -0.05) is 0 Å². The smallest absolute Gasteiger partial charge is 0.321 e. The molecule has 0 saturated carbocycles. The summed E-state index contributed by atoms with van der Waals surface area (Å²) in [6.07, 6.45) is 3.28. The maximum atomic E-state index is 12.7. The van der Waals surface area contributed by atoms with Gasteiger partial charge in [-0.2, -0.15) is 0 Å². The number of fused-ring (bicyclic) bond motifs is 1. The number of urea groups is 1. The number of aromatic nitrogens is 1. The molecular formula is C22H29N5O4. The van der Waals surface area contributed by atoms with Gasteiger partial charge in [0.1, 0.15) is 12.6 Å². The summed E-state index contributed by atoms with van der Waals surface area (Å²) in [4.78, 5) is 42.2. The summed E-state index contributed by atoms with van der Waals surface area (Å²) in [7, 11) is 3.47. The normalized spacial score (nSPS) is 19.0. The Bertz CT molecular complexity index is 971. The van der Waals surface area contributed by atoms with E-state index in [9.17, 15) is 14.4 Å². The van der Waals surface area contributed by atoms with Crippen LogP contribution in [0.3, 0.4) is 0 Å². The maximum Gasteiger partial charge on any atom is 0.321 e. The number of hydrogen-bond donors (Lipinski definition) is 1. The molecule has 2 aromatic rings. The second-order valence-electron chi connectivity index (χ2n) is 8.25. The third-order valence-electron chi connectivity index (χ3n) is 5.91. The number of ether oxygens (including phenoxy) is 1. The first-order chi connectivity index (χ1) is 14.9. The van der Waals surface area contributed by atoms with E-state index in [-0.39, 0.29) is 30.5 Å². The van der Waals surface area contributed by atoms with Crippen LogP contribution in [0.4, 0.5) is 10.5 Å². The summed E-state index contributed by atoms with van der Waals surface area (Å²) < 4.78 is 7.38. The summed E-state index contributed by atoms with van der Waals surface area (Å²) in [6, 6.07) is 7.41. The lowest BCUT2D eigenvalue weighted by Crippen LogP contribution is -2.53. The Morgan fingerprint density at radius 1 is 1.10 bits per heavy atom. The fraction of sp³-hybridized carbons (Fsp3) is 0.500. The Morgan fingerprint density at radius 2 is 1.84 bits per heavy atom. The molecule has 0 radical (unpaired) electrons. The predicted octanol–water partition coefficient (Wildman–Crippen LogP) is 1.58. The number of carbonyl (C=O) groups excluding carboxylic acids is 3. The predicted molar refractivity (Wildman–Crippen MR) is 117 cm³/mol. The average Bonchev–Trinajstić information content (AvgIpc) is 3.43. The third-order valence-corrected chi connectivity index (χ3v) is 5.91. The van der Waals surface area contributed by atoms with Gasteiger partial charge >= 0.3 is 6.03 Å². The summed E-state index contributed by atoms with van der Waals surface area (Å²) in [5, 5.41) is 3.90. The molecule has 2 aliphatic heterocycles. The molecule has 31 heavy (non-hydrogen) atoms. The van der Waals surface area contributed by atoms with Crippen molar-refractivity contribution in [3.63, 3.8) is 0 Å². The number of nitrogens with one attached hydrogen (secondary N) is 1. The average molecular weight is 428 g/mol. The van der Waals surface area contributed by atoms with E-state index >= 15 is 0 Å². The molecule has 1 N–H and O–H groups in total. The lowest BCUT2D eigenvalue weighted by molar-refractivity contribution is -0.142. The summed E-state index contributed by atoms with van der Waals surface area (Å²) in [5.41, 5.74) is 1.64. The van der Waals surface area contributed by atoms with E-state index in [1.54, 1.807) is 28.8 Å². The Kier molecular flexibility index (Phi) is 6.13. The van der Waals surface area contributed by atoms with Gasteiger partial charge in [-0.15, -0.1) is 0 Å². The van der Waals surface area contributed by atoms with Crippen molar-refractivity contribution in [3.8, 4) is 0 Å². The third kappa shape index (κ3) is 4.66. The fourth-order valence-electron chi connectivity index (χ4n) is 4.01. The molecule has 166 valence electrons. The minimum atomic E-state index is -0.313. The highest BCUT2D eigenvalue weighted by Crippen LogP contribution is 2.22. The lowest BCUT2D eigenvalue weighted by Gasteiger charge is -2.35. The maximum absolute atomic E-state index is 12.7. The van der Waals surface area contributed by atoms with Gasteiger partial charge in [-0.05, 0) is 37.1 Å². The molecule has 1 aromatic heterocycles. The summed E-state index contributed by atoms with van der Waals surface area (Å²) >= 11 is 0. The Labute approximate surface area is 181 Å². The standard InChI is InChI=1S/C22H29N5O4/c1-24(2)20(28)15-27-8-7-16-14-17(5-6-18(16)27)23-22(30)26-11-9-25(10-12-26)21(29)19-4-3-13-31-19/h5-8,14,19H,3-4,9-13,15H2,1-2H3,(H,23,30). The van der Waals surface area contributed by atoms with E-state index in [4.69, 9.17) is 4.74 Å². The number of anilines is 1. The monoisotopic (exact) mass is 427 g/mol. The molecule has 3 heterocycles. The van der Waals surface area contributed by atoms with Crippen LogP contribution in [0.1, 0.15) is 12.8 Å². The van der Waals surface area contributed by atoms with E-state index in [0.29, 0.717) is 38.5 Å². The van der Waals surface area contributed by atoms with Gasteiger partial charge in [0.2, 0.25) is 5.91 Å². The Balaban J connectivity index is 1.33. The lowest BCUT2D eigenvalue weighted by atomic mass is 10.2. The molecule has 9 nitrogen and oxygen atoms in total. The summed E-state index contributed by atoms with van der Waals surface area (Å²) in [5.74, 6) is 0.0623. The van der Waals surface area contributed by atoms with Crippen LogP contribution in [0.2, 0.25) is 0 Å². The van der Waals surface area contributed by atoms with Gasteiger partial charge < -0.3 is 29.3 Å². The highest BCUT2D eigenvalue weighted by molar-refractivity contribution is 5.93. The number of hydrogen-bond acceptors (Lipinski definition) is 4. The van der Waals surface area contributed by atoms with Gasteiger partial charge in [-0.3, -0.25) is 9.59 Å². The number of piperazine rings is 1. The number of amides is 4. The molecule has 4 rings (SSSR count). The molecule has 0 bridgehead atoms. The van der Waals surface area contributed by atoms with Crippen LogP contribution in [0, 0.1) is 0 Å². The molecule has 4 amide bonds. The number of likely N-dealkylation sites (N-methyl/N-ethyl adjacent to an activating group) is 1. The van der Waals surface area contributed by atoms with E-state index in [1.807, 2.05) is 35.0 Å². The molecule has 1 atom stereocenters. The highest BCUT2D eigenvalue weighted by atomic mass is 16.5. The second-order valence-corrected chi connectivity index (χ2v) is 8.25. The molecular weight excluding hydrogens is 398 g/mol. The van der Waals surface area contributed by atoms with E-state index in [0.717, 1.165) is 23.7 Å². The number of rotatable bonds is 4. The molecule has 2 aliphatic rings. The fourth-order valence-corrected chi connectivity index (χ4v) is 4.01.